The SMILES string of the molecule is O=C(c1ccc(S(=O)(=O)N2CCOCC2)cc1)N1CCN(Cc2nnnn2-c2ccccc2)CC1. The van der Waals surface area contributed by atoms with Gasteiger partial charge in [-0.25, -0.2) is 8.42 Å². The normalized spacial score (nSPS) is 18.0. The number of ether oxygens (including phenoxy) is 1. The van der Waals surface area contributed by atoms with Gasteiger partial charge in [-0.2, -0.15) is 8.99 Å². The monoisotopic (exact) mass is 497 g/mol. The first-order valence-electron chi connectivity index (χ1n) is 11.5. The first-order valence-corrected chi connectivity index (χ1v) is 13.0. The molecule has 184 valence electrons. The van der Waals surface area contributed by atoms with Crippen LogP contribution < -0.4 is 0 Å². The lowest BCUT2D eigenvalue weighted by Gasteiger charge is -2.34. The van der Waals surface area contributed by atoms with Crippen molar-refractivity contribution >= 4 is 15.9 Å². The average molecular weight is 498 g/mol. The highest BCUT2D eigenvalue weighted by molar-refractivity contribution is 7.89. The molecule has 0 radical (unpaired) electrons. The molecule has 2 fully saturated rings. The summed E-state index contributed by atoms with van der Waals surface area (Å²) in [6.07, 6.45) is 0. The molecule has 0 bridgehead atoms. The van der Waals surface area contributed by atoms with Crippen molar-refractivity contribution < 1.29 is 17.9 Å². The fourth-order valence-electron chi connectivity index (χ4n) is 4.27. The van der Waals surface area contributed by atoms with E-state index in [4.69, 9.17) is 4.74 Å². The van der Waals surface area contributed by atoms with Crippen molar-refractivity contribution in [1.82, 2.24) is 34.3 Å². The van der Waals surface area contributed by atoms with Crippen molar-refractivity contribution in [2.45, 2.75) is 11.4 Å². The van der Waals surface area contributed by atoms with Crippen molar-refractivity contribution in [2.75, 3.05) is 52.5 Å². The second-order valence-corrected chi connectivity index (χ2v) is 10.4. The number of sulfonamides is 1. The Morgan fingerprint density at radius 3 is 2.26 bits per heavy atom. The maximum atomic E-state index is 13.0. The third-order valence-corrected chi connectivity index (χ3v) is 8.18. The van der Waals surface area contributed by atoms with Crippen LogP contribution in [0.2, 0.25) is 0 Å². The average Bonchev–Trinajstić information content (AvgIpc) is 3.38. The Morgan fingerprint density at radius 2 is 1.57 bits per heavy atom. The van der Waals surface area contributed by atoms with E-state index >= 15 is 0 Å². The highest BCUT2D eigenvalue weighted by Gasteiger charge is 2.27. The van der Waals surface area contributed by atoms with Gasteiger partial charge >= 0.3 is 0 Å². The van der Waals surface area contributed by atoms with Crippen LogP contribution in [0.5, 0.6) is 0 Å². The van der Waals surface area contributed by atoms with Crippen LogP contribution in [0.3, 0.4) is 0 Å². The molecule has 35 heavy (non-hydrogen) atoms. The van der Waals surface area contributed by atoms with E-state index in [9.17, 15) is 13.2 Å². The molecule has 0 unspecified atom stereocenters. The molecule has 12 heteroatoms. The summed E-state index contributed by atoms with van der Waals surface area (Å²) in [5, 5.41) is 12.1. The zero-order chi connectivity index (χ0) is 24.3. The lowest BCUT2D eigenvalue weighted by atomic mass is 10.2. The fraction of sp³-hybridized carbons (Fsp3) is 0.391. The molecule has 5 rings (SSSR count). The molecule has 0 atom stereocenters. The van der Waals surface area contributed by atoms with Crippen molar-refractivity contribution in [2.24, 2.45) is 0 Å². The minimum absolute atomic E-state index is 0.103. The standard InChI is InChI=1S/C23H27N7O4S/c31-23(19-6-8-21(9-7-19)35(32,33)29-14-16-34-17-15-29)28-12-10-27(11-13-28)18-22-24-25-26-30(22)20-4-2-1-3-5-20/h1-9H,10-18H2. The van der Waals surface area contributed by atoms with Gasteiger partial charge in [-0.3, -0.25) is 9.69 Å². The molecule has 3 aromatic rings. The predicted molar refractivity (Wildman–Crippen MR) is 126 cm³/mol. The Balaban J connectivity index is 1.18. The molecule has 11 nitrogen and oxygen atoms in total. The second-order valence-electron chi connectivity index (χ2n) is 8.45. The Morgan fingerprint density at radius 1 is 0.886 bits per heavy atom. The molecule has 1 aromatic heterocycles. The smallest absolute Gasteiger partial charge is 0.253 e. The topological polar surface area (TPSA) is 114 Å². The number of nitrogens with zero attached hydrogens (tertiary/aromatic N) is 7. The Kier molecular flexibility index (Phi) is 6.86. The zero-order valence-corrected chi connectivity index (χ0v) is 20.0. The third-order valence-electron chi connectivity index (χ3n) is 6.27. The minimum atomic E-state index is -3.58. The summed E-state index contributed by atoms with van der Waals surface area (Å²) >= 11 is 0. The van der Waals surface area contributed by atoms with Crippen LogP contribution >= 0.6 is 0 Å². The molecule has 2 aliphatic heterocycles. The van der Waals surface area contributed by atoms with Crippen LogP contribution in [0.25, 0.3) is 5.69 Å². The Bertz CT molecular complexity index is 1250. The maximum Gasteiger partial charge on any atom is 0.253 e. The molecule has 0 spiro atoms. The van der Waals surface area contributed by atoms with E-state index in [0.717, 1.165) is 11.5 Å². The Labute approximate surface area is 203 Å². The van der Waals surface area contributed by atoms with Gasteiger partial charge in [-0.05, 0) is 46.8 Å². The predicted octanol–water partition coefficient (Wildman–Crippen LogP) is 0.641. The summed E-state index contributed by atoms with van der Waals surface area (Å²) in [6.45, 7) is 4.56. The molecule has 2 aromatic carbocycles. The largest absolute Gasteiger partial charge is 0.379 e. The number of amides is 1. The van der Waals surface area contributed by atoms with Gasteiger partial charge in [0.25, 0.3) is 5.91 Å². The lowest BCUT2D eigenvalue weighted by Crippen LogP contribution is -2.48. The summed E-state index contributed by atoms with van der Waals surface area (Å²) in [5.41, 5.74) is 1.38. The molecule has 0 saturated carbocycles. The number of morpholine rings is 1. The van der Waals surface area contributed by atoms with Crippen LogP contribution in [0, 0.1) is 0 Å². The van der Waals surface area contributed by atoms with Crippen LogP contribution in [-0.2, 0) is 21.3 Å². The van der Waals surface area contributed by atoms with Gasteiger partial charge < -0.3 is 9.64 Å². The molecule has 2 saturated heterocycles. The van der Waals surface area contributed by atoms with Crippen LogP contribution in [0.15, 0.2) is 59.5 Å². The molecule has 3 heterocycles. The zero-order valence-electron chi connectivity index (χ0n) is 19.2. The third kappa shape index (κ3) is 5.10. The van der Waals surface area contributed by atoms with E-state index in [-0.39, 0.29) is 10.8 Å². The van der Waals surface area contributed by atoms with Crippen LogP contribution in [-0.4, -0.2) is 101 Å². The van der Waals surface area contributed by atoms with Crippen molar-refractivity contribution in [3.8, 4) is 5.69 Å². The molecule has 2 aliphatic rings. The fourth-order valence-corrected chi connectivity index (χ4v) is 5.68. The number of benzene rings is 2. The van der Waals surface area contributed by atoms with E-state index in [1.807, 2.05) is 30.3 Å². The van der Waals surface area contributed by atoms with E-state index in [1.54, 1.807) is 21.7 Å². The number of rotatable bonds is 6. The number of piperazine rings is 1. The lowest BCUT2D eigenvalue weighted by molar-refractivity contribution is 0.0624. The van der Waals surface area contributed by atoms with Gasteiger partial charge in [0.1, 0.15) is 0 Å². The molecular weight excluding hydrogens is 470 g/mol. The number of tetrazole rings is 1. The summed E-state index contributed by atoms with van der Waals surface area (Å²) in [5.74, 6) is 0.641. The van der Waals surface area contributed by atoms with Gasteiger partial charge in [0.05, 0.1) is 30.3 Å². The second kappa shape index (κ2) is 10.2. The first kappa shape index (κ1) is 23.5. The number of hydrogen-bond donors (Lipinski definition) is 0. The van der Waals surface area contributed by atoms with Gasteiger partial charge in [0, 0.05) is 44.8 Å². The maximum absolute atomic E-state index is 13.0. The van der Waals surface area contributed by atoms with Crippen LogP contribution in [0.4, 0.5) is 0 Å². The van der Waals surface area contributed by atoms with E-state index in [0.29, 0.717) is 64.6 Å². The van der Waals surface area contributed by atoms with E-state index in [1.165, 1.54) is 16.4 Å². The summed E-state index contributed by atoms with van der Waals surface area (Å²) < 4.78 is 34.0. The number of para-hydroxylation sites is 1. The quantitative estimate of drug-likeness (QED) is 0.488. The van der Waals surface area contributed by atoms with E-state index < -0.39 is 10.0 Å². The molecule has 0 N–H and O–H groups in total. The highest BCUT2D eigenvalue weighted by atomic mass is 32.2. The van der Waals surface area contributed by atoms with Gasteiger partial charge in [-0.1, -0.05) is 18.2 Å². The minimum Gasteiger partial charge on any atom is -0.379 e. The van der Waals surface area contributed by atoms with Crippen molar-refractivity contribution in [1.29, 1.82) is 0 Å². The van der Waals surface area contributed by atoms with Crippen LogP contribution in [0.1, 0.15) is 16.2 Å². The summed E-state index contributed by atoms with van der Waals surface area (Å²) in [6, 6.07) is 15.9. The number of hydrogen-bond acceptors (Lipinski definition) is 8. The highest BCUT2D eigenvalue weighted by Crippen LogP contribution is 2.19. The van der Waals surface area contributed by atoms with Crippen molar-refractivity contribution in [3.05, 3.63) is 66.0 Å². The van der Waals surface area contributed by atoms with Crippen molar-refractivity contribution in [3.63, 3.8) is 0 Å². The van der Waals surface area contributed by atoms with Gasteiger partial charge in [-0.15, -0.1) is 5.10 Å². The number of aromatic nitrogens is 4. The van der Waals surface area contributed by atoms with Gasteiger partial charge in [0.15, 0.2) is 5.82 Å². The molecule has 1 amide bonds. The number of carbonyl (C=O) groups is 1. The van der Waals surface area contributed by atoms with Gasteiger partial charge in [0.2, 0.25) is 10.0 Å². The molecular formula is C23H27N7O4S. The summed E-state index contributed by atoms with van der Waals surface area (Å²) in [4.78, 5) is 17.2. The number of carbonyl (C=O) groups excluding carboxylic acids is 1. The Hall–Kier alpha value is -3.19. The molecule has 0 aliphatic carbocycles. The summed E-state index contributed by atoms with van der Waals surface area (Å²) in [7, 11) is -3.58. The first-order chi connectivity index (χ1) is 17.0. The van der Waals surface area contributed by atoms with E-state index in [2.05, 4.69) is 20.4 Å².